The average Bonchev–Trinajstić information content (AvgIpc) is 3.28. The summed E-state index contributed by atoms with van der Waals surface area (Å²) < 4.78 is 0. The van der Waals surface area contributed by atoms with Gasteiger partial charge in [0.1, 0.15) is 8.07 Å². The highest BCUT2D eigenvalue weighted by atomic mass is 28.3. The number of aryl methyl sites for hydroxylation is 1. The first-order valence-electron chi connectivity index (χ1n) is 20.9. The molecule has 1 saturated carbocycles. The number of hydrogen-bond acceptors (Lipinski definition) is 3. The molecule has 3 heterocycles. The van der Waals surface area contributed by atoms with Gasteiger partial charge in [-0.3, -0.25) is 0 Å². The minimum Gasteiger partial charge on any atom is -0.311 e. The van der Waals surface area contributed by atoms with Gasteiger partial charge in [0.2, 0.25) is 0 Å². The normalized spacial score (nSPS) is 15.9. The van der Waals surface area contributed by atoms with Gasteiger partial charge in [-0.1, -0.05) is 129 Å². The molecule has 3 nitrogen and oxygen atoms in total. The second kappa shape index (κ2) is 14.3. The van der Waals surface area contributed by atoms with Crippen molar-refractivity contribution in [2.24, 2.45) is 0 Å². The minimum atomic E-state index is -1.92. The van der Waals surface area contributed by atoms with Crippen molar-refractivity contribution in [3.05, 3.63) is 169 Å². The molecule has 7 aromatic carbocycles. The van der Waals surface area contributed by atoms with E-state index >= 15 is 0 Å². The van der Waals surface area contributed by atoms with Crippen molar-refractivity contribution in [3.8, 4) is 12.8 Å². The third kappa shape index (κ3) is 5.57. The molecule has 4 aliphatic rings. The zero-order valence-corrected chi connectivity index (χ0v) is 34.7. The Labute approximate surface area is 345 Å². The van der Waals surface area contributed by atoms with E-state index in [2.05, 4.69) is 205 Å². The summed E-state index contributed by atoms with van der Waals surface area (Å²) in [4.78, 5) is 7.71. The highest BCUT2D eigenvalue weighted by Crippen LogP contribution is 2.48. The van der Waals surface area contributed by atoms with E-state index in [9.17, 15) is 0 Å². The van der Waals surface area contributed by atoms with E-state index in [-0.39, 0.29) is 6.71 Å². The third-order valence-corrected chi connectivity index (χ3v) is 16.8. The van der Waals surface area contributed by atoms with Crippen LogP contribution in [0.15, 0.2) is 158 Å². The Bertz CT molecular complexity index is 2650. The minimum absolute atomic E-state index is 0.0894. The van der Waals surface area contributed by atoms with Gasteiger partial charge >= 0.3 is 0 Å². The molecule has 1 fully saturated rings. The Kier molecular flexibility index (Phi) is 8.92. The second-order valence-electron chi connectivity index (χ2n) is 16.9. The summed E-state index contributed by atoms with van der Waals surface area (Å²) in [5, 5.41) is 2.97. The van der Waals surface area contributed by atoms with Gasteiger partial charge in [-0.15, -0.1) is 12.8 Å². The zero-order valence-electron chi connectivity index (χ0n) is 33.7. The van der Waals surface area contributed by atoms with Crippen LogP contribution in [0.4, 0.5) is 51.2 Å². The summed E-state index contributed by atoms with van der Waals surface area (Å²) in [6.45, 7) is 7.35. The van der Waals surface area contributed by atoms with E-state index in [0.29, 0.717) is 5.92 Å². The number of terminal acetylenes is 1. The summed E-state index contributed by atoms with van der Waals surface area (Å²) in [6.07, 6.45) is 14.5. The van der Waals surface area contributed by atoms with Crippen LogP contribution < -0.4 is 41.5 Å². The lowest BCUT2D eigenvalue weighted by Crippen LogP contribution is -2.61. The molecule has 0 bridgehead atoms. The Hall–Kier alpha value is -6.22. The predicted octanol–water partition coefficient (Wildman–Crippen LogP) is 11.0. The number of para-hydroxylation sites is 4. The van der Waals surface area contributed by atoms with Crippen LogP contribution in [-0.2, 0) is 0 Å². The molecule has 0 aromatic heterocycles. The van der Waals surface area contributed by atoms with Gasteiger partial charge in [0.15, 0.2) is 0 Å². The van der Waals surface area contributed by atoms with Crippen LogP contribution in [-0.4, -0.2) is 14.8 Å². The van der Waals surface area contributed by atoms with Crippen LogP contribution in [0, 0.1) is 19.8 Å². The monoisotopic (exact) mass is 765 g/mol. The Balaban J connectivity index is 0.00000201. The lowest BCUT2D eigenvalue weighted by molar-refractivity contribution is 0.444. The lowest BCUT2D eigenvalue weighted by atomic mass is 9.33. The molecule has 11 rings (SSSR count). The summed E-state index contributed by atoms with van der Waals surface area (Å²) >= 11 is 0. The van der Waals surface area contributed by atoms with Gasteiger partial charge in [-0.05, 0) is 125 Å². The maximum atomic E-state index is 4.00. The maximum Gasteiger partial charge on any atom is 0.252 e. The Morgan fingerprint density at radius 1 is 0.483 bits per heavy atom. The molecule has 7 aromatic rings. The molecule has 0 radical (unpaired) electrons. The first kappa shape index (κ1) is 36.1. The molecule has 282 valence electrons. The third-order valence-electron chi connectivity index (χ3n) is 13.2. The van der Waals surface area contributed by atoms with E-state index in [1.807, 2.05) is 0 Å². The summed E-state index contributed by atoms with van der Waals surface area (Å²) in [6, 6.07) is 60.1. The van der Waals surface area contributed by atoms with Gasteiger partial charge in [-0.25, -0.2) is 0 Å². The molecule has 0 unspecified atom stereocenters. The average molecular weight is 766 g/mol. The van der Waals surface area contributed by atoms with Crippen molar-refractivity contribution in [2.45, 2.75) is 58.0 Å². The van der Waals surface area contributed by atoms with E-state index < -0.39 is 8.07 Å². The molecule has 0 spiro atoms. The van der Waals surface area contributed by atoms with E-state index in [1.54, 1.807) is 0 Å². The SMILES string of the molecule is C#C.Cc1ccc2c(c1)B1c3ccc(N4c5ccccc5[Si](C)(C)c5ccccc54)cc3N(c3ccccc3)c3cc(C4CCCCC4)cc(c31)N2c1ccccc1. The van der Waals surface area contributed by atoms with Gasteiger partial charge in [-0.2, -0.15) is 0 Å². The highest BCUT2D eigenvalue weighted by molar-refractivity contribution is 7.03. The van der Waals surface area contributed by atoms with Crippen LogP contribution in [0.2, 0.25) is 13.1 Å². The Morgan fingerprint density at radius 2 is 1.02 bits per heavy atom. The first-order valence-corrected chi connectivity index (χ1v) is 23.9. The van der Waals surface area contributed by atoms with Crippen molar-refractivity contribution < 1.29 is 0 Å². The van der Waals surface area contributed by atoms with Crippen molar-refractivity contribution in [2.75, 3.05) is 14.7 Å². The zero-order chi connectivity index (χ0) is 39.5. The largest absolute Gasteiger partial charge is 0.311 e. The number of hydrogen-bond donors (Lipinski definition) is 0. The Morgan fingerprint density at radius 3 is 1.62 bits per heavy atom. The fourth-order valence-corrected chi connectivity index (χ4v) is 13.6. The molecular formula is C53H48BN3Si. The summed E-state index contributed by atoms with van der Waals surface area (Å²) in [5.74, 6) is 0.556. The number of anilines is 9. The molecule has 0 amide bonds. The smallest absolute Gasteiger partial charge is 0.252 e. The van der Waals surface area contributed by atoms with E-state index in [4.69, 9.17) is 0 Å². The molecule has 1 aliphatic carbocycles. The highest BCUT2D eigenvalue weighted by Gasteiger charge is 2.45. The number of nitrogens with zero attached hydrogens (tertiary/aromatic N) is 3. The molecule has 0 atom stereocenters. The van der Waals surface area contributed by atoms with Crippen LogP contribution in [0.5, 0.6) is 0 Å². The molecular weight excluding hydrogens is 718 g/mol. The van der Waals surface area contributed by atoms with Crippen molar-refractivity contribution >= 4 is 92.7 Å². The van der Waals surface area contributed by atoms with Gasteiger partial charge in [0.25, 0.3) is 6.71 Å². The topological polar surface area (TPSA) is 9.72 Å². The lowest BCUT2D eigenvalue weighted by Gasteiger charge is -2.45. The first-order chi connectivity index (χ1) is 28.5. The number of fused-ring (bicyclic) bond motifs is 6. The van der Waals surface area contributed by atoms with Crippen LogP contribution in [0.1, 0.15) is 49.1 Å². The fourth-order valence-electron chi connectivity index (χ4n) is 10.6. The molecule has 3 aliphatic heterocycles. The van der Waals surface area contributed by atoms with Gasteiger partial charge < -0.3 is 14.7 Å². The second-order valence-corrected chi connectivity index (χ2v) is 21.2. The molecule has 0 saturated heterocycles. The van der Waals surface area contributed by atoms with Crippen LogP contribution >= 0.6 is 0 Å². The van der Waals surface area contributed by atoms with Gasteiger partial charge in [0, 0.05) is 51.2 Å². The van der Waals surface area contributed by atoms with Crippen LogP contribution in [0.3, 0.4) is 0 Å². The van der Waals surface area contributed by atoms with E-state index in [0.717, 1.165) is 0 Å². The summed E-state index contributed by atoms with van der Waals surface area (Å²) in [5.41, 5.74) is 18.3. The van der Waals surface area contributed by atoms with Crippen LogP contribution in [0.25, 0.3) is 0 Å². The number of rotatable bonds is 4. The van der Waals surface area contributed by atoms with Gasteiger partial charge in [0.05, 0.1) is 0 Å². The fraction of sp³-hybridized carbons (Fsp3) is 0.170. The van der Waals surface area contributed by atoms with Crippen molar-refractivity contribution in [1.29, 1.82) is 0 Å². The molecule has 0 N–H and O–H groups in total. The molecule has 58 heavy (non-hydrogen) atoms. The van der Waals surface area contributed by atoms with Crippen molar-refractivity contribution in [3.63, 3.8) is 0 Å². The van der Waals surface area contributed by atoms with Crippen molar-refractivity contribution in [1.82, 2.24) is 0 Å². The maximum absolute atomic E-state index is 4.00. The van der Waals surface area contributed by atoms with E-state index in [1.165, 1.54) is 121 Å². The summed E-state index contributed by atoms with van der Waals surface area (Å²) in [7, 11) is -1.92. The number of benzene rings is 7. The molecule has 5 heteroatoms. The quantitative estimate of drug-likeness (QED) is 0.131. The predicted molar refractivity (Wildman–Crippen MR) is 252 cm³/mol. The standard InChI is InChI=1S/C51H46BN3Si.C2H2/c1-35-27-30-43-42(31-35)52-41-29-28-40(55-44-23-13-15-25-49(44)56(2,3)50-26-16-14-24-45(50)55)34-46(41)54(39-21-11-6-12-22-39)48-33-37(36-17-7-4-8-18-36)32-47(51(48)52)53(43)38-19-9-5-10-20-38;1-2/h5-6,9-16,19-34,36H,4,7-8,17-18H2,1-3H3;1-2H.